The molecule has 1 atom stereocenters. The van der Waals surface area contributed by atoms with Crippen LogP contribution >= 0.6 is 0 Å². The smallest absolute Gasteiger partial charge is 0.326 e. The summed E-state index contributed by atoms with van der Waals surface area (Å²) in [6.45, 7) is 5.24. The van der Waals surface area contributed by atoms with Crippen LogP contribution in [0.1, 0.15) is 26.3 Å². The lowest BCUT2D eigenvalue weighted by atomic mass is 10.1. The summed E-state index contributed by atoms with van der Waals surface area (Å²) in [6, 6.07) is 5.13. The van der Waals surface area contributed by atoms with Crippen LogP contribution in [0.5, 0.6) is 5.75 Å². The van der Waals surface area contributed by atoms with E-state index in [0.29, 0.717) is 5.56 Å². The van der Waals surface area contributed by atoms with Gasteiger partial charge in [0.05, 0.1) is 5.60 Å². The largest absolute Gasteiger partial charge is 0.508 e. The van der Waals surface area contributed by atoms with Crippen molar-refractivity contribution in [2.45, 2.75) is 38.8 Å². The fraction of sp³-hybridized carbons (Fsp3) is 0.467. The molecule has 6 heteroatoms. The van der Waals surface area contributed by atoms with E-state index >= 15 is 0 Å². The molecule has 116 valence electrons. The van der Waals surface area contributed by atoms with Gasteiger partial charge in [-0.25, -0.2) is 4.79 Å². The number of aromatic hydroxyl groups is 1. The highest BCUT2D eigenvalue weighted by Gasteiger charge is 2.21. The molecule has 0 bridgehead atoms. The molecule has 1 amide bonds. The van der Waals surface area contributed by atoms with Crippen molar-refractivity contribution in [3.63, 3.8) is 0 Å². The van der Waals surface area contributed by atoms with Crippen LogP contribution in [-0.2, 0) is 20.7 Å². The molecule has 6 nitrogen and oxygen atoms in total. The molecular formula is C15H21NO5. The van der Waals surface area contributed by atoms with Crippen LogP contribution in [0, 0.1) is 0 Å². The summed E-state index contributed by atoms with van der Waals surface area (Å²) in [5.41, 5.74) is 0.241. The lowest BCUT2D eigenvalue weighted by Gasteiger charge is -2.20. The summed E-state index contributed by atoms with van der Waals surface area (Å²) < 4.78 is 5.30. The van der Waals surface area contributed by atoms with Crippen molar-refractivity contribution >= 4 is 11.9 Å². The molecule has 0 saturated heterocycles. The van der Waals surface area contributed by atoms with Gasteiger partial charge in [0.1, 0.15) is 18.4 Å². The quantitative estimate of drug-likeness (QED) is 0.735. The monoisotopic (exact) mass is 295 g/mol. The molecule has 0 aromatic heterocycles. The third kappa shape index (κ3) is 6.76. The minimum absolute atomic E-state index is 0.105. The standard InChI is InChI=1S/C15H21NO5/c1-15(2,3)21-9-13(18)16-12(14(19)20)8-10-4-6-11(17)7-5-10/h4-7,12,17H,8-9H2,1-3H3,(H,16,18)(H,19,20)/t12-/m0/s1. The average molecular weight is 295 g/mol. The van der Waals surface area contributed by atoms with Crippen LogP contribution < -0.4 is 5.32 Å². The maximum Gasteiger partial charge on any atom is 0.326 e. The van der Waals surface area contributed by atoms with E-state index in [4.69, 9.17) is 9.84 Å². The molecule has 0 unspecified atom stereocenters. The highest BCUT2D eigenvalue weighted by Crippen LogP contribution is 2.11. The molecule has 0 radical (unpaired) electrons. The number of rotatable bonds is 6. The van der Waals surface area contributed by atoms with Gasteiger partial charge >= 0.3 is 5.97 Å². The maximum atomic E-state index is 11.7. The number of aliphatic carboxylic acids is 1. The van der Waals surface area contributed by atoms with Crippen LogP contribution in [0.25, 0.3) is 0 Å². The number of carbonyl (C=O) groups excluding carboxylic acids is 1. The third-order valence-corrected chi connectivity index (χ3v) is 2.65. The SMILES string of the molecule is CC(C)(C)OCC(=O)N[C@@H](Cc1ccc(O)cc1)C(=O)O. The Balaban J connectivity index is 2.59. The van der Waals surface area contributed by atoms with E-state index in [1.165, 1.54) is 12.1 Å². The molecule has 0 aliphatic carbocycles. The zero-order valence-electron chi connectivity index (χ0n) is 12.4. The summed E-state index contributed by atoms with van der Waals surface area (Å²) in [6.07, 6.45) is 0.136. The fourth-order valence-electron chi connectivity index (χ4n) is 1.59. The van der Waals surface area contributed by atoms with Crippen molar-refractivity contribution < 1.29 is 24.5 Å². The summed E-state index contributed by atoms with van der Waals surface area (Å²) >= 11 is 0. The minimum atomic E-state index is -1.12. The highest BCUT2D eigenvalue weighted by molar-refractivity contribution is 5.84. The normalized spacial score (nSPS) is 12.7. The summed E-state index contributed by atoms with van der Waals surface area (Å²) in [5, 5.41) is 20.8. The molecule has 0 heterocycles. The number of amides is 1. The molecule has 0 saturated carbocycles. The first-order valence-electron chi connectivity index (χ1n) is 6.61. The molecule has 0 aliphatic heterocycles. The Hall–Kier alpha value is -2.08. The first kappa shape index (κ1) is 17.0. The summed E-state index contributed by atoms with van der Waals surface area (Å²) in [7, 11) is 0. The Kier molecular flexibility index (Phi) is 5.72. The van der Waals surface area contributed by atoms with Gasteiger partial charge in [-0.3, -0.25) is 4.79 Å². The van der Waals surface area contributed by atoms with Crippen molar-refractivity contribution in [3.8, 4) is 5.75 Å². The first-order chi connectivity index (χ1) is 9.67. The average Bonchev–Trinajstić information content (AvgIpc) is 2.37. The topological polar surface area (TPSA) is 95.9 Å². The molecule has 3 N–H and O–H groups in total. The van der Waals surface area contributed by atoms with Gasteiger partial charge < -0.3 is 20.3 Å². The number of carbonyl (C=O) groups is 2. The van der Waals surface area contributed by atoms with E-state index in [0.717, 1.165) is 0 Å². The minimum Gasteiger partial charge on any atom is -0.508 e. The Bertz CT molecular complexity index is 490. The molecule has 1 aromatic carbocycles. The van der Waals surface area contributed by atoms with E-state index in [1.54, 1.807) is 12.1 Å². The van der Waals surface area contributed by atoms with Gasteiger partial charge in [-0.2, -0.15) is 0 Å². The van der Waals surface area contributed by atoms with Crippen LogP contribution in [0.3, 0.4) is 0 Å². The van der Waals surface area contributed by atoms with E-state index in [-0.39, 0.29) is 18.8 Å². The van der Waals surface area contributed by atoms with Crippen LogP contribution in [0.2, 0.25) is 0 Å². The van der Waals surface area contributed by atoms with Gasteiger partial charge in [0.15, 0.2) is 0 Å². The lowest BCUT2D eigenvalue weighted by molar-refractivity contribution is -0.143. The number of nitrogens with one attached hydrogen (secondary N) is 1. The van der Waals surface area contributed by atoms with E-state index in [2.05, 4.69) is 5.32 Å². The fourth-order valence-corrected chi connectivity index (χ4v) is 1.59. The van der Waals surface area contributed by atoms with Crippen molar-refractivity contribution in [1.82, 2.24) is 5.32 Å². The molecule has 21 heavy (non-hydrogen) atoms. The number of carboxylic acids is 1. The zero-order valence-corrected chi connectivity index (χ0v) is 12.4. The van der Waals surface area contributed by atoms with E-state index in [1.807, 2.05) is 20.8 Å². The van der Waals surface area contributed by atoms with Crippen LogP contribution in [-0.4, -0.2) is 40.3 Å². The van der Waals surface area contributed by atoms with Gasteiger partial charge in [0.25, 0.3) is 0 Å². The highest BCUT2D eigenvalue weighted by atomic mass is 16.5. The van der Waals surface area contributed by atoms with Gasteiger partial charge in [-0.1, -0.05) is 12.1 Å². The van der Waals surface area contributed by atoms with Gasteiger partial charge in [0, 0.05) is 6.42 Å². The predicted molar refractivity (Wildman–Crippen MR) is 77.1 cm³/mol. The number of carboxylic acid groups (broad SMARTS) is 1. The number of benzene rings is 1. The third-order valence-electron chi connectivity index (χ3n) is 2.65. The summed E-state index contributed by atoms with van der Waals surface area (Å²) in [5.74, 6) is -1.49. The zero-order chi connectivity index (χ0) is 16.0. The Morgan fingerprint density at radius 1 is 1.24 bits per heavy atom. The molecule has 1 rings (SSSR count). The van der Waals surface area contributed by atoms with Crippen molar-refractivity contribution in [2.75, 3.05) is 6.61 Å². The second-order valence-corrected chi connectivity index (χ2v) is 5.73. The molecule has 1 aromatic rings. The van der Waals surface area contributed by atoms with Crippen molar-refractivity contribution in [3.05, 3.63) is 29.8 Å². The van der Waals surface area contributed by atoms with Crippen LogP contribution in [0.4, 0.5) is 0 Å². The van der Waals surface area contributed by atoms with Crippen LogP contribution in [0.15, 0.2) is 24.3 Å². The second kappa shape index (κ2) is 7.08. The Morgan fingerprint density at radius 3 is 2.29 bits per heavy atom. The second-order valence-electron chi connectivity index (χ2n) is 5.73. The van der Waals surface area contributed by atoms with Crippen molar-refractivity contribution in [2.24, 2.45) is 0 Å². The predicted octanol–water partition coefficient (Wildman–Crippen LogP) is 1.32. The number of hydrogen-bond donors (Lipinski definition) is 3. The first-order valence-corrected chi connectivity index (χ1v) is 6.61. The Labute approximate surface area is 123 Å². The van der Waals surface area contributed by atoms with E-state index < -0.39 is 23.5 Å². The Morgan fingerprint density at radius 2 is 1.81 bits per heavy atom. The van der Waals surface area contributed by atoms with Crippen molar-refractivity contribution in [1.29, 1.82) is 0 Å². The molecular weight excluding hydrogens is 274 g/mol. The van der Waals surface area contributed by atoms with Gasteiger partial charge in [-0.15, -0.1) is 0 Å². The van der Waals surface area contributed by atoms with Gasteiger partial charge in [-0.05, 0) is 38.5 Å². The molecule has 0 fully saturated rings. The number of phenolic OH excluding ortho intramolecular Hbond substituents is 1. The molecule has 0 aliphatic rings. The number of hydrogen-bond acceptors (Lipinski definition) is 4. The summed E-state index contributed by atoms with van der Waals surface area (Å²) in [4.78, 5) is 22.9. The molecule has 0 spiro atoms. The lowest BCUT2D eigenvalue weighted by Crippen LogP contribution is -2.44. The number of ether oxygens (including phenoxy) is 1. The maximum absolute atomic E-state index is 11.7. The van der Waals surface area contributed by atoms with E-state index in [9.17, 15) is 14.7 Å². The van der Waals surface area contributed by atoms with Gasteiger partial charge in [0.2, 0.25) is 5.91 Å². The number of phenols is 1.